The van der Waals surface area contributed by atoms with E-state index in [1.54, 1.807) is 7.11 Å². The molecule has 2 aromatic carbocycles. The number of para-hydroxylation sites is 1. The molecular formula is C30H30N6O. The average molecular weight is 491 g/mol. The van der Waals surface area contributed by atoms with Crippen molar-refractivity contribution in [2.45, 2.75) is 6.54 Å². The topological polar surface area (TPSA) is 59.3 Å². The molecule has 37 heavy (non-hydrogen) atoms. The zero-order chi connectivity index (χ0) is 25.2. The van der Waals surface area contributed by atoms with Gasteiger partial charge in [-0.15, -0.1) is 0 Å². The van der Waals surface area contributed by atoms with Crippen LogP contribution in [-0.2, 0) is 13.6 Å². The van der Waals surface area contributed by atoms with Crippen molar-refractivity contribution in [3.63, 3.8) is 0 Å². The van der Waals surface area contributed by atoms with Crippen LogP contribution >= 0.6 is 0 Å². The first-order valence-corrected chi connectivity index (χ1v) is 12.6. The molecule has 0 saturated carbocycles. The lowest BCUT2D eigenvalue weighted by molar-refractivity contribution is 0.245. The normalized spacial score (nSPS) is 14.3. The fourth-order valence-electron chi connectivity index (χ4n) is 5.10. The zero-order valence-corrected chi connectivity index (χ0v) is 21.2. The van der Waals surface area contributed by atoms with E-state index in [4.69, 9.17) is 9.72 Å². The van der Waals surface area contributed by atoms with Gasteiger partial charge in [0.1, 0.15) is 11.6 Å². The number of nitrogens with zero attached hydrogens (tertiary/aromatic N) is 6. The van der Waals surface area contributed by atoms with Crippen molar-refractivity contribution in [3.8, 4) is 28.0 Å². The molecule has 1 fully saturated rings. The first-order chi connectivity index (χ1) is 18.2. The maximum atomic E-state index is 5.53. The molecule has 0 atom stereocenters. The Morgan fingerprint density at radius 3 is 2.46 bits per heavy atom. The molecule has 186 valence electrons. The third kappa shape index (κ3) is 4.78. The number of methoxy groups -OCH3 is 1. The molecule has 0 unspecified atom stereocenters. The van der Waals surface area contributed by atoms with Crippen LogP contribution in [0.5, 0.6) is 5.75 Å². The lowest BCUT2D eigenvalue weighted by Crippen LogP contribution is -2.46. The van der Waals surface area contributed by atoms with Gasteiger partial charge in [0, 0.05) is 80.4 Å². The lowest BCUT2D eigenvalue weighted by Gasteiger charge is -2.35. The minimum Gasteiger partial charge on any atom is -0.496 e. The number of ether oxygens (including phenoxy) is 1. The summed E-state index contributed by atoms with van der Waals surface area (Å²) in [5, 5.41) is 5.46. The van der Waals surface area contributed by atoms with Crippen LogP contribution in [0.2, 0.25) is 0 Å². The van der Waals surface area contributed by atoms with E-state index in [0.29, 0.717) is 0 Å². The highest BCUT2D eigenvalue weighted by atomic mass is 16.5. The summed E-state index contributed by atoms with van der Waals surface area (Å²) in [6.07, 6.45) is 7.75. The molecule has 1 saturated heterocycles. The summed E-state index contributed by atoms with van der Waals surface area (Å²) in [5.74, 6) is 1.98. The smallest absolute Gasteiger partial charge is 0.128 e. The second kappa shape index (κ2) is 10.0. The van der Waals surface area contributed by atoms with E-state index in [-0.39, 0.29) is 0 Å². The molecule has 1 aliphatic heterocycles. The molecule has 0 spiro atoms. The Kier molecular flexibility index (Phi) is 6.28. The monoisotopic (exact) mass is 490 g/mol. The van der Waals surface area contributed by atoms with Crippen LogP contribution in [0.1, 0.15) is 5.56 Å². The Morgan fingerprint density at radius 2 is 1.70 bits per heavy atom. The van der Waals surface area contributed by atoms with Gasteiger partial charge >= 0.3 is 0 Å². The van der Waals surface area contributed by atoms with Gasteiger partial charge in [-0.1, -0.05) is 24.3 Å². The molecule has 1 aliphatic rings. The van der Waals surface area contributed by atoms with E-state index in [9.17, 15) is 0 Å². The lowest BCUT2D eigenvalue weighted by atomic mass is 9.97. The highest BCUT2D eigenvalue weighted by Gasteiger charge is 2.19. The summed E-state index contributed by atoms with van der Waals surface area (Å²) in [4.78, 5) is 14.4. The Hall–Kier alpha value is -4.23. The van der Waals surface area contributed by atoms with Gasteiger partial charge in [0.25, 0.3) is 0 Å². The van der Waals surface area contributed by atoms with E-state index < -0.39 is 0 Å². The van der Waals surface area contributed by atoms with Crippen LogP contribution < -0.4 is 9.64 Å². The van der Waals surface area contributed by atoms with Crippen molar-refractivity contribution >= 4 is 16.7 Å². The maximum Gasteiger partial charge on any atom is 0.128 e. The molecule has 3 aromatic heterocycles. The number of aryl methyl sites for hydroxylation is 1. The molecule has 4 heterocycles. The van der Waals surface area contributed by atoms with Crippen molar-refractivity contribution in [2.75, 3.05) is 38.2 Å². The van der Waals surface area contributed by atoms with Crippen LogP contribution in [0.4, 0.5) is 5.82 Å². The predicted octanol–water partition coefficient (Wildman–Crippen LogP) is 5.03. The Labute approximate surface area is 217 Å². The number of hydrogen-bond acceptors (Lipinski definition) is 6. The number of piperazine rings is 1. The Bertz CT molecular complexity index is 1520. The standard InChI is InChI=1S/C30H30N6O/c1-34-20-25(19-33-34)24-16-27(26-7-5-11-31-28(26)17-24)22-9-10-30(32-18-22)36-14-12-35(13-15-36)21-23-6-3-4-8-29(23)37-2/h3-11,16-20H,12-15,21H2,1-2H3. The number of anilines is 1. The largest absolute Gasteiger partial charge is 0.496 e. The van der Waals surface area contributed by atoms with Crippen molar-refractivity contribution < 1.29 is 4.74 Å². The third-order valence-corrected chi connectivity index (χ3v) is 7.10. The number of aromatic nitrogens is 4. The van der Waals surface area contributed by atoms with Gasteiger partial charge in [0.05, 0.1) is 18.8 Å². The Balaban J connectivity index is 1.20. The predicted molar refractivity (Wildman–Crippen MR) is 148 cm³/mol. The fraction of sp³-hybridized carbons (Fsp3) is 0.233. The molecule has 0 N–H and O–H groups in total. The summed E-state index contributed by atoms with van der Waals surface area (Å²) >= 11 is 0. The van der Waals surface area contributed by atoms with Crippen molar-refractivity contribution in [3.05, 3.63) is 91.0 Å². The quantitative estimate of drug-likeness (QED) is 0.333. The highest BCUT2D eigenvalue weighted by Crippen LogP contribution is 2.33. The number of fused-ring (bicyclic) bond motifs is 1. The van der Waals surface area contributed by atoms with Gasteiger partial charge in [0.2, 0.25) is 0 Å². The van der Waals surface area contributed by atoms with Gasteiger partial charge in [-0.2, -0.15) is 5.10 Å². The molecule has 0 amide bonds. The number of pyridine rings is 2. The summed E-state index contributed by atoms with van der Waals surface area (Å²) in [5.41, 5.74) is 6.59. The number of hydrogen-bond donors (Lipinski definition) is 0. The van der Waals surface area contributed by atoms with Crippen molar-refractivity contribution in [1.29, 1.82) is 0 Å². The number of benzene rings is 2. The van der Waals surface area contributed by atoms with Crippen molar-refractivity contribution in [1.82, 2.24) is 24.6 Å². The van der Waals surface area contributed by atoms with Gasteiger partial charge < -0.3 is 9.64 Å². The second-order valence-electron chi connectivity index (χ2n) is 9.48. The minimum absolute atomic E-state index is 0.901. The Morgan fingerprint density at radius 1 is 0.838 bits per heavy atom. The summed E-state index contributed by atoms with van der Waals surface area (Å²) < 4.78 is 7.35. The van der Waals surface area contributed by atoms with Gasteiger partial charge in [-0.05, 0) is 47.5 Å². The van der Waals surface area contributed by atoms with Gasteiger partial charge in [-0.25, -0.2) is 4.98 Å². The van der Waals surface area contributed by atoms with Gasteiger partial charge in [-0.3, -0.25) is 14.6 Å². The average Bonchev–Trinajstić information content (AvgIpc) is 3.39. The summed E-state index contributed by atoms with van der Waals surface area (Å²) in [6.45, 7) is 4.78. The van der Waals surface area contributed by atoms with Crippen LogP contribution in [-0.4, -0.2) is 57.9 Å². The highest BCUT2D eigenvalue weighted by molar-refractivity contribution is 5.98. The molecule has 6 rings (SSSR count). The van der Waals surface area contributed by atoms with Crippen molar-refractivity contribution in [2.24, 2.45) is 7.05 Å². The van der Waals surface area contributed by atoms with Crippen LogP contribution in [0.15, 0.2) is 85.5 Å². The molecule has 0 bridgehead atoms. The molecule has 7 nitrogen and oxygen atoms in total. The van der Waals surface area contributed by atoms with Crippen LogP contribution in [0.25, 0.3) is 33.2 Å². The van der Waals surface area contributed by atoms with E-state index >= 15 is 0 Å². The molecule has 5 aromatic rings. The van der Waals surface area contributed by atoms with E-state index in [1.165, 1.54) is 5.56 Å². The first kappa shape index (κ1) is 23.2. The zero-order valence-electron chi connectivity index (χ0n) is 21.2. The second-order valence-corrected chi connectivity index (χ2v) is 9.48. The van der Waals surface area contributed by atoms with E-state index in [2.05, 4.69) is 62.3 Å². The fourth-order valence-corrected chi connectivity index (χ4v) is 5.10. The minimum atomic E-state index is 0.901. The van der Waals surface area contributed by atoms with Crippen LogP contribution in [0.3, 0.4) is 0 Å². The molecule has 7 heteroatoms. The van der Waals surface area contributed by atoms with Crippen LogP contribution in [0, 0.1) is 0 Å². The first-order valence-electron chi connectivity index (χ1n) is 12.6. The van der Waals surface area contributed by atoms with E-state index in [0.717, 1.165) is 77.4 Å². The molecule has 0 aliphatic carbocycles. The summed E-state index contributed by atoms with van der Waals surface area (Å²) in [6, 6.07) is 21.0. The third-order valence-electron chi connectivity index (χ3n) is 7.10. The van der Waals surface area contributed by atoms with Gasteiger partial charge in [0.15, 0.2) is 0 Å². The number of rotatable bonds is 6. The van der Waals surface area contributed by atoms with E-state index in [1.807, 2.05) is 54.7 Å². The molecular weight excluding hydrogens is 460 g/mol. The summed E-state index contributed by atoms with van der Waals surface area (Å²) in [7, 11) is 3.67. The maximum absolute atomic E-state index is 5.53. The SMILES string of the molecule is COc1ccccc1CN1CCN(c2ccc(-c3cc(-c4cnn(C)c4)cc4ncccc34)cn2)CC1. The molecule has 0 radical (unpaired) electrons.